The van der Waals surface area contributed by atoms with Crippen molar-refractivity contribution < 1.29 is 14.3 Å². The number of nitrogens with one attached hydrogen (secondary N) is 4. The number of amides is 2. The molecule has 4 N–H and O–H groups in total. The summed E-state index contributed by atoms with van der Waals surface area (Å²) in [5, 5.41) is 14.9. The van der Waals surface area contributed by atoms with E-state index in [9.17, 15) is 9.59 Å². The SMILES string of the molecule is CNc1cc(Cl)ccc1C(=N)c1cnc2[nH]cc(C(=O)NC(C)C(=O)N3CCOCC3)c2n1. The number of rotatable bonds is 6. The molecular weight excluding hydrogens is 446 g/mol. The van der Waals surface area contributed by atoms with Gasteiger partial charge in [-0.2, -0.15) is 0 Å². The second-order valence-electron chi connectivity index (χ2n) is 7.60. The third-order valence-corrected chi connectivity index (χ3v) is 5.68. The van der Waals surface area contributed by atoms with E-state index in [0.717, 1.165) is 0 Å². The van der Waals surface area contributed by atoms with E-state index < -0.39 is 11.9 Å². The summed E-state index contributed by atoms with van der Waals surface area (Å²) in [5.74, 6) is -0.613. The van der Waals surface area contributed by atoms with E-state index in [1.165, 1.54) is 12.4 Å². The molecule has 4 rings (SSSR count). The van der Waals surface area contributed by atoms with Crippen molar-refractivity contribution in [2.75, 3.05) is 38.7 Å². The van der Waals surface area contributed by atoms with Crippen LogP contribution >= 0.6 is 11.6 Å². The highest BCUT2D eigenvalue weighted by Crippen LogP contribution is 2.24. The van der Waals surface area contributed by atoms with E-state index in [1.54, 1.807) is 37.1 Å². The number of nitrogens with zero attached hydrogens (tertiary/aromatic N) is 3. The van der Waals surface area contributed by atoms with E-state index >= 15 is 0 Å². The van der Waals surface area contributed by atoms with E-state index in [1.807, 2.05) is 0 Å². The Morgan fingerprint density at radius 1 is 1.27 bits per heavy atom. The topological polar surface area (TPSA) is 136 Å². The van der Waals surface area contributed by atoms with Crippen molar-refractivity contribution >= 4 is 46.0 Å². The minimum absolute atomic E-state index is 0.133. The molecule has 3 aromatic rings. The average Bonchev–Trinajstić information content (AvgIpc) is 3.27. The van der Waals surface area contributed by atoms with E-state index in [0.29, 0.717) is 59.4 Å². The maximum Gasteiger partial charge on any atom is 0.255 e. The van der Waals surface area contributed by atoms with Crippen LogP contribution in [0.5, 0.6) is 0 Å². The van der Waals surface area contributed by atoms with Gasteiger partial charge in [0.15, 0.2) is 5.65 Å². The zero-order chi connectivity index (χ0) is 23.5. The molecule has 1 aromatic carbocycles. The van der Waals surface area contributed by atoms with Crippen LogP contribution in [0.3, 0.4) is 0 Å². The monoisotopic (exact) mass is 469 g/mol. The molecule has 33 heavy (non-hydrogen) atoms. The number of aromatic amines is 1. The molecular formula is C22H24ClN7O3. The Morgan fingerprint density at radius 3 is 2.76 bits per heavy atom. The molecule has 0 radical (unpaired) electrons. The van der Waals surface area contributed by atoms with Gasteiger partial charge in [0.25, 0.3) is 5.91 Å². The molecule has 3 heterocycles. The van der Waals surface area contributed by atoms with Gasteiger partial charge in [0.2, 0.25) is 5.91 Å². The maximum atomic E-state index is 12.9. The number of hydrogen-bond donors (Lipinski definition) is 4. The Hall–Kier alpha value is -3.50. The first-order valence-corrected chi connectivity index (χ1v) is 10.8. The van der Waals surface area contributed by atoms with Crippen LogP contribution in [0, 0.1) is 5.41 Å². The summed E-state index contributed by atoms with van der Waals surface area (Å²) in [6.07, 6.45) is 2.97. The molecule has 0 spiro atoms. The number of aromatic nitrogens is 3. The predicted octanol–water partition coefficient (Wildman–Crippen LogP) is 2.05. The summed E-state index contributed by atoms with van der Waals surface area (Å²) in [4.78, 5) is 39.0. The molecule has 1 saturated heterocycles. The predicted molar refractivity (Wildman–Crippen MR) is 125 cm³/mol. The molecule has 11 heteroatoms. The van der Waals surface area contributed by atoms with Crippen LogP contribution in [0.4, 0.5) is 5.69 Å². The molecule has 0 aliphatic carbocycles. The lowest BCUT2D eigenvalue weighted by Gasteiger charge is -2.29. The van der Waals surface area contributed by atoms with Crippen LogP contribution in [-0.4, -0.2) is 76.8 Å². The summed E-state index contributed by atoms with van der Waals surface area (Å²) in [7, 11) is 1.74. The fourth-order valence-corrected chi connectivity index (χ4v) is 3.83. The van der Waals surface area contributed by atoms with Gasteiger partial charge in [-0.25, -0.2) is 9.97 Å². The Bertz CT molecular complexity index is 1220. The molecule has 0 saturated carbocycles. The van der Waals surface area contributed by atoms with Crippen LogP contribution < -0.4 is 10.6 Å². The number of morpholine rings is 1. The zero-order valence-corrected chi connectivity index (χ0v) is 19.0. The van der Waals surface area contributed by atoms with Gasteiger partial charge in [-0.15, -0.1) is 0 Å². The quantitative estimate of drug-likeness (QED) is 0.408. The largest absolute Gasteiger partial charge is 0.388 e. The number of H-pyrrole nitrogens is 1. The van der Waals surface area contributed by atoms with Gasteiger partial charge in [-0.3, -0.25) is 15.0 Å². The van der Waals surface area contributed by atoms with Gasteiger partial charge >= 0.3 is 0 Å². The first-order valence-electron chi connectivity index (χ1n) is 10.5. The smallest absolute Gasteiger partial charge is 0.255 e. The molecule has 10 nitrogen and oxygen atoms in total. The van der Waals surface area contributed by atoms with Gasteiger partial charge in [0.05, 0.1) is 30.7 Å². The number of benzene rings is 1. The van der Waals surface area contributed by atoms with Gasteiger partial charge in [-0.05, 0) is 25.1 Å². The van der Waals surface area contributed by atoms with Crippen molar-refractivity contribution in [2.45, 2.75) is 13.0 Å². The van der Waals surface area contributed by atoms with Gasteiger partial charge in [-0.1, -0.05) is 11.6 Å². The zero-order valence-electron chi connectivity index (χ0n) is 18.2. The van der Waals surface area contributed by atoms with E-state index in [4.69, 9.17) is 21.7 Å². The number of carbonyl (C=O) groups excluding carboxylic acids is 2. The summed E-state index contributed by atoms with van der Waals surface area (Å²) in [5.41, 5.74) is 2.69. The average molecular weight is 470 g/mol. The lowest BCUT2D eigenvalue weighted by molar-refractivity contribution is -0.136. The van der Waals surface area contributed by atoms with Crippen molar-refractivity contribution in [3.8, 4) is 0 Å². The van der Waals surface area contributed by atoms with Gasteiger partial charge in [0, 0.05) is 42.6 Å². The Kier molecular flexibility index (Phi) is 6.57. The van der Waals surface area contributed by atoms with Crippen molar-refractivity contribution in [1.29, 1.82) is 5.41 Å². The second-order valence-corrected chi connectivity index (χ2v) is 8.04. The first kappa shape index (κ1) is 22.7. The number of carbonyl (C=O) groups is 2. The molecule has 1 fully saturated rings. The molecule has 2 aromatic heterocycles. The van der Waals surface area contributed by atoms with Crippen molar-refractivity contribution in [3.63, 3.8) is 0 Å². The Balaban J connectivity index is 1.57. The third kappa shape index (κ3) is 4.67. The van der Waals surface area contributed by atoms with Crippen molar-refractivity contribution in [1.82, 2.24) is 25.2 Å². The minimum Gasteiger partial charge on any atom is -0.388 e. The second kappa shape index (κ2) is 9.55. The summed E-state index contributed by atoms with van der Waals surface area (Å²) < 4.78 is 5.27. The van der Waals surface area contributed by atoms with Crippen LogP contribution in [0.15, 0.2) is 30.6 Å². The fraction of sp³-hybridized carbons (Fsp3) is 0.318. The van der Waals surface area contributed by atoms with Crippen molar-refractivity contribution in [3.05, 3.63) is 52.4 Å². The first-order chi connectivity index (χ1) is 15.9. The molecule has 0 bridgehead atoms. The van der Waals surface area contributed by atoms with E-state index in [-0.39, 0.29) is 17.2 Å². The summed E-state index contributed by atoms with van der Waals surface area (Å²) in [6.45, 7) is 3.63. The van der Waals surface area contributed by atoms with Gasteiger partial charge < -0.3 is 25.3 Å². The molecule has 1 aliphatic heterocycles. The molecule has 172 valence electrons. The molecule has 2 amide bonds. The lowest BCUT2D eigenvalue weighted by Crippen LogP contribution is -2.50. The normalized spacial score (nSPS) is 14.7. The minimum atomic E-state index is -0.706. The standard InChI is InChI=1S/C22H24ClN7O3/c1-12(22(32)30-5-7-33-8-6-30)28-21(31)15-10-26-20-19(15)29-17(11-27-20)18(24)14-4-3-13(23)9-16(14)25-2/h3-4,9-12,24-25H,5-8H2,1-2H3,(H,26,27)(H,28,31). The van der Waals surface area contributed by atoms with Crippen molar-refractivity contribution in [2.24, 2.45) is 0 Å². The third-order valence-electron chi connectivity index (χ3n) is 5.44. The number of fused-ring (bicyclic) bond motifs is 1. The Morgan fingerprint density at radius 2 is 2.03 bits per heavy atom. The number of hydrogen-bond acceptors (Lipinski definition) is 7. The number of ether oxygens (including phenoxy) is 1. The summed E-state index contributed by atoms with van der Waals surface area (Å²) in [6, 6.07) is 4.44. The summed E-state index contributed by atoms with van der Waals surface area (Å²) >= 11 is 6.06. The van der Waals surface area contributed by atoms with Gasteiger partial charge in [0.1, 0.15) is 17.3 Å². The highest BCUT2D eigenvalue weighted by atomic mass is 35.5. The Labute approximate surface area is 195 Å². The highest BCUT2D eigenvalue weighted by Gasteiger charge is 2.25. The fourth-order valence-electron chi connectivity index (χ4n) is 3.66. The van der Waals surface area contributed by atoms with E-state index in [2.05, 4.69) is 25.6 Å². The van der Waals surface area contributed by atoms with Crippen LogP contribution in [-0.2, 0) is 9.53 Å². The number of halogens is 1. The van der Waals surface area contributed by atoms with Crippen LogP contribution in [0.25, 0.3) is 11.2 Å². The maximum absolute atomic E-state index is 12.9. The number of anilines is 1. The lowest BCUT2D eigenvalue weighted by atomic mass is 10.1. The van der Waals surface area contributed by atoms with Crippen LogP contribution in [0.2, 0.25) is 5.02 Å². The molecule has 1 aliphatic rings. The highest BCUT2D eigenvalue weighted by molar-refractivity contribution is 6.31. The van der Waals surface area contributed by atoms with Crippen LogP contribution in [0.1, 0.15) is 28.5 Å². The molecule has 1 unspecified atom stereocenters. The molecule has 1 atom stereocenters.